The SMILES string of the molecule is CCc1[nH]nc(C(=O)NC(Cc2c[nH]c3ccccc23)c2cc(NC)nc(C3CC3)n2)c1C. The molecule has 170 valence electrons. The Hall–Kier alpha value is -3.68. The van der Waals surface area contributed by atoms with Crippen molar-refractivity contribution in [3.05, 3.63) is 70.6 Å². The number of para-hydroxylation sites is 1. The lowest BCUT2D eigenvalue weighted by Crippen LogP contribution is -2.31. The molecule has 1 unspecified atom stereocenters. The first-order chi connectivity index (χ1) is 16.1. The molecule has 1 fully saturated rings. The van der Waals surface area contributed by atoms with Crippen LogP contribution in [0.4, 0.5) is 5.82 Å². The number of amides is 1. The van der Waals surface area contributed by atoms with Gasteiger partial charge in [0.2, 0.25) is 0 Å². The van der Waals surface area contributed by atoms with Crippen LogP contribution in [0, 0.1) is 6.92 Å². The van der Waals surface area contributed by atoms with Crippen molar-refractivity contribution >= 4 is 22.6 Å². The molecule has 0 bridgehead atoms. The zero-order valence-corrected chi connectivity index (χ0v) is 19.2. The smallest absolute Gasteiger partial charge is 0.272 e. The van der Waals surface area contributed by atoms with Gasteiger partial charge in [0.1, 0.15) is 11.6 Å². The van der Waals surface area contributed by atoms with Crippen LogP contribution >= 0.6 is 0 Å². The van der Waals surface area contributed by atoms with E-state index in [1.165, 1.54) is 0 Å². The van der Waals surface area contributed by atoms with Crippen molar-refractivity contribution in [2.24, 2.45) is 0 Å². The number of hydrogen-bond donors (Lipinski definition) is 4. The van der Waals surface area contributed by atoms with E-state index in [0.717, 1.165) is 64.3 Å². The van der Waals surface area contributed by atoms with Crippen LogP contribution in [0.5, 0.6) is 0 Å². The van der Waals surface area contributed by atoms with E-state index in [0.29, 0.717) is 18.0 Å². The molecule has 3 aromatic heterocycles. The summed E-state index contributed by atoms with van der Waals surface area (Å²) in [5, 5.41) is 14.8. The highest BCUT2D eigenvalue weighted by Gasteiger charge is 2.29. The van der Waals surface area contributed by atoms with E-state index < -0.39 is 0 Å². The minimum Gasteiger partial charge on any atom is -0.373 e. The average molecular weight is 444 g/mol. The van der Waals surface area contributed by atoms with Crippen molar-refractivity contribution in [1.29, 1.82) is 0 Å². The second-order valence-electron chi connectivity index (χ2n) is 8.68. The summed E-state index contributed by atoms with van der Waals surface area (Å²) in [6.07, 6.45) is 5.63. The maximum Gasteiger partial charge on any atom is 0.272 e. The van der Waals surface area contributed by atoms with Gasteiger partial charge in [-0.1, -0.05) is 25.1 Å². The Bertz CT molecular complexity index is 1300. The molecule has 0 spiro atoms. The summed E-state index contributed by atoms with van der Waals surface area (Å²) in [5.74, 6) is 1.82. The molecule has 8 nitrogen and oxygen atoms in total. The Morgan fingerprint density at radius 3 is 2.79 bits per heavy atom. The number of aromatic nitrogens is 5. The summed E-state index contributed by atoms with van der Waals surface area (Å²) >= 11 is 0. The van der Waals surface area contributed by atoms with Gasteiger partial charge in [0.25, 0.3) is 5.91 Å². The second-order valence-corrected chi connectivity index (χ2v) is 8.68. The minimum absolute atomic E-state index is 0.203. The molecular formula is C25H29N7O. The van der Waals surface area contributed by atoms with Gasteiger partial charge in [0.05, 0.1) is 11.7 Å². The molecular weight excluding hydrogens is 414 g/mol. The normalized spacial score (nSPS) is 14.4. The molecule has 0 radical (unpaired) electrons. The number of fused-ring (bicyclic) bond motifs is 1. The van der Waals surface area contributed by atoms with Crippen molar-refractivity contribution < 1.29 is 4.79 Å². The zero-order chi connectivity index (χ0) is 22.9. The molecule has 1 atom stereocenters. The molecule has 4 N–H and O–H groups in total. The summed E-state index contributed by atoms with van der Waals surface area (Å²) in [6, 6.07) is 9.80. The maximum atomic E-state index is 13.3. The first-order valence-corrected chi connectivity index (χ1v) is 11.5. The standard InChI is InChI=1S/C25H29N7O/c1-4-18-14(2)23(32-31-18)25(33)29-20(11-16-13-27-19-8-6-5-7-17(16)19)21-12-22(26-3)30-24(28-21)15-9-10-15/h5-8,12-13,15,20,27H,4,9-11H2,1-3H3,(H,29,33)(H,31,32)(H,26,28,30). The van der Waals surface area contributed by atoms with Crippen LogP contribution in [0.1, 0.15) is 70.6 Å². The lowest BCUT2D eigenvalue weighted by Gasteiger charge is -2.19. The summed E-state index contributed by atoms with van der Waals surface area (Å²) in [4.78, 5) is 26.2. The van der Waals surface area contributed by atoms with Gasteiger partial charge in [-0.2, -0.15) is 5.10 Å². The molecule has 1 saturated carbocycles. The highest BCUT2D eigenvalue weighted by atomic mass is 16.2. The van der Waals surface area contributed by atoms with Crippen molar-refractivity contribution in [3.63, 3.8) is 0 Å². The van der Waals surface area contributed by atoms with Gasteiger partial charge in [-0.25, -0.2) is 9.97 Å². The number of nitrogens with zero attached hydrogens (tertiary/aromatic N) is 3. The molecule has 3 heterocycles. The number of benzene rings is 1. The molecule has 0 aliphatic heterocycles. The first-order valence-electron chi connectivity index (χ1n) is 11.5. The van der Waals surface area contributed by atoms with Gasteiger partial charge in [0, 0.05) is 53.8 Å². The third-order valence-electron chi connectivity index (χ3n) is 6.40. The Balaban J connectivity index is 1.52. The Morgan fingerprint density at radius 1 is 1.24 bits per heavy atom. The van der Waals surface area contributed by atoms with Crippen LogP contribution in [0.25, 0.3) is 10.9 Å². The van der Waals surface area contributed by atoms with Crippen LogP contribution in [0.2, 0.25) is 0 Å². The van der Waals surface area contributed by atoms with Crippen molar-refractivity contribution in [3.8, 4) is 0 Å². The fourth-order valence-electron chi connectivity index (χ4n) is 4.29. The molecule has 33 heavy (non-hydrogen) atoms. The van der Waals surface area contributed by atoms with Gasteiger partial charge in [-0.3, -0.25) is 9.89 Å². The molecule has 1 amide bonds. The summed E-state index contributed by atoms with van der Waals surface area (Å²) in [6.45, 7) is 3.97. The third kappa shape index (κ3) is 4.20. The topological polar surface area (TPSA) is 111 Å². The van der Waals surface area contributed by atoms with Crippen LogP contribution in [-0.2, 0) is 12.8 Å². The van der Waals surface area contributed by atoms with E-state index in [2.05, 4.69) is 42.9 Å². The maximum absolute atomic E-state index is 13.3. The molecule has 1 aliphatic carbocycles. The molecule has 1 aliphatic rings. The van der Waals surface area contributed by atoms with Crippen LogP contribution < -0.4 is 10.6 Å². The van der Waals surface area contributed by atoms with Crippen LogP contribution in [-0.4, -0.2) is 38.1 Å². The monoisotopic (exact) mass is 443 g/mol. The van der Waals surface area contributed by atoms with Gasteiger partial charge in [0.15, 0.2) is 5.69 Å². The fourth-order valence-corrected chi connectivity index (χ4v) is 4.29. The minimum atomic E-state index is -0.328. The number of hydrogen-bond acceptors (Lipinski definition) is 5. The van der Waals surface area contributed by atoms with Crippen molar-refractivity contribution in [2.75, 3.05) is 12.4 Å². The van der Waals surface area contributed by atoms with Crippen molar-refractivity contribution in [2.45, 2.75) is 51.5 Å². The lowest BCUT2D eigenvalue weighted by atomic mass is 10.0. The summed E-state index contributed by atoms with van der Waals surface area (Å²) in [5.41, 5.74) is 5.30. The number of carbonyl (C=O) groups excluding carboxylic acids is 1. The molecule has 0 saturated heterocycles. The summed E-state index contributed by atoms with van der Waals surface area (Å²) in [7, 11) is 1.86. The Morgan fingerprint density at radius 2 is 2.06 bits per heavy atom. The highest BCUT2D eigenvalue weighted by molar-refractivity contribution is 5.94. The number of H-pyrrole nitrogens is 2. The average Bonchev–Trinajstić information content (AvgIpc) is 3.52. The Kier molecular flexibility index (Phi) is 5.58. The van der Waals surface area contributed by atoms with Gasteiger partial charge < -0.3 is 15.6 Å². The molecule has 4 aromatic rings. The van der Waals surface area contributed by atoms with E-state index in [9.17, 15) is 4.79 Å². The van der Waals surface area contributed by atoms with Gasteiger partial charge in [-0.05, 0) is 37.8 Å². The van der Waals surface area contributed by atoms with E-state index in [1.807, 2.05) is 45.3 Å². The van der Waals surface area contributed by atoms with Crippen LogP contribution in [0.15, 0.2) is 36.5 Å². The predicted octanol–water partition coefficient (Wildman–Crippen LogP) is 4.18. The van der Waals surface area contributed by atoms with Gasteiger partial charge in [-0.15, -0.1) is 0 Å². The van der Waals surface area contributed by atoms with E-state index in [-0.39, 0.29) is 11.9 Å². The molecule has 8 heteroatoms. The number of carbonyl (C=O) groups is 1. The first kappa shape index (κ1) is 21.2. The highest BCUT2D eigenvalue weighted by Crippen LogP contribution is 2.39. The number of aromatic amines is 2. The summed E-state index contributed by atoms with van der Waals surface area (Å²) < 4.78 is 0. The predicted molar refractivity (Wildman–Crippen MR) is 128 cm³/mol. The molecule has 5 rings (SSSR count). The number of rotatable bonds is 8. The number of anilines is 1. The Labute approximate surface area is 192 Å². The van der Waals surface area contributed by atoms with E-state index in [4.69, 9.17) is 4.98 Å². The number of aryl methyl sites for hydroxylation is 1. The van der Waals surface area contributed by atoms with E-state index >= 15 is 0 Å². The largest absolute Gasteiger partial charge is 0.373 e. The van der Waals surface area contributed by atoms with E-state index in [1.54, 1.807) is 0 Å². The fraction of sp³-hybridized carbons (Fsp3) is 0.360. The molecule has 1 aromatic carbocycles. The second kappa shape index (κ2) is 8.69. The zero-order valence-electron chi connectivity index (χ0n) is 19.2. The number of nitrogens with one attached hydrogen (secondary N) is 4. The van der Waals surface area contributed by atoms with Crippen molar-refractivity contribution in [1.82, 2.24) is 30.5 Å². The quantitative estimate of drug-likeness (QED) is 0.326. The van der Waals surface area contributed by atoms with Crippen LogP contribution in [0.3, 0.4) is 0 Å². The third-order valence-corrected chi connectivity index (χ3v) is 6.40. The van der Waals surface area contributed by atoms with Gasteiger partial charge >= 0.3 is 0 Å². The lowest BCUT2D eigenvalue weighted by molar-refractivity contribution is 0.0930.